The van der Waals surface area contributed by atoms with Crippen molar-refractivity contribution in [3.05, 3.63) is 0 Å². The molecule has 0 heterocycles. The molecule has 0 aromatic carbocycles. The zero-order valence-corrected chi connectivity index (χ0v) is 14.4. The number of carboxylic acids is 2. The van der Waals surface area contributed by atoms with E-state index in [4.69, 9.17) is 15.9 Å². The summed E-state index contributed by atoms with van der Waals surface area (Å²) in [7, 11) is 0. The van der Waals surface area contributed by atoms with Crippen molar-refractivity contribution in [2.75, 3.05) is 12.3 Å². The van der Waals surface area contributed by atoms with Gasteiger partial charge in [0.1, 0.15) is 18.1 Å². The van der Waals surface area contributed by atoms with Crippen LogP contribution in [0.4, 0.5) is 0 Å². The van der Waals surface area contributed by atoms with E-state index in [0.29, 0.717) is 0 Å². The van der Waals surface area contributed by atoms with Crippen molar-refractivity contribution in [2.45, 2.75) is 37.9 Å². The fourth-order valence-electron chi connectivity index (χ4n) is 1.66. The van der Waals surface area contributed by atoms with Crippen molar-refractivity contribution in [1.29, 1.82) is 0 Å². The number of rotatable bonds is 11. The molecule has 0 saturated heterocycles. The second-order valence-corrected chi connectivity index (χ2v) is 5.43. The highest BCUT2D eigenvalue weighted by Crippen LogP contribution is 2.01. The lowest BCUT2D eigenvalue weighted by Gasteiger charge is -2.22. The van der Waals surface area contributed by atoms with Gasteiger partial charge in [-0.15, -0.1) is 0 Å². The summed E-state index contributed by atoms with van der Waals surface area (Å²) in [5.74, 6) is -4.91. The molecular formula is C13H22N4O7S. The molecule has 0 aliphatic heterocycles. The first-order chi connectivity index (χ1) is 11.6. The number of aliphatic carboxylic acids is 2. The first-order valence-electron chi connectivity index (χ1n) is 7.28. The molecule has 0 spiro atoms. The fraction of sp³-hybridized carbons (Fsp3) is 0.615. The Morgan fingerprint density at radius 1 is 1.00 bits per heavy atom. The van der Waals surface area contributed by atoms with Crippen molar-refractivity contribution in [3.63, 3.8) is 0 Å². The Bertz CT molecular complexity index is 529. The summed E-state index contributed by atoms with van der Waals surface area (Å²) in [6.45, 7) is 1.02. The van der Waals surface area contributed by atoms with Crippen LogP contribution in [-0.2, 0) is 24.0 Å². The molecule has 0 rings (SSSR count). The summed E-state index contributed by atoms with van der Waals surface area (Å²) >= 11 is 3.80. The highest BCUT2D eigenvalue weighted by Gasteiger charge is 2.28. The lowest BCUT2D eigenvalue weighted by Crippen LogP contribution is -2.55. The zero-order chi connectivity index (χ0) is 19.6. The maximum absolute atomic E-state index is 12.1. The Hall–Kier alpha value is -2.34. The predicted octanol–water partition coefficient (Wildman–Crippen LogP) is -2.70. The minimum absolute atomic E-state index is 0.191. The third kappa shape index (κ3) is 8.91. The number of carbonyl (C=O) groups is 5. The van der Waals surface area contributed by atoms with Crippen molar-refractivity contribution in [3.8, 4) is 0 Å². The number of hydrogen-bond donors (Lipinski definition) is 7. The minimum atomic E-state index is -1.32. The average molecular weight is 378 g/mol. The van der Waals surface area contributed by atoms with Crippen LogP contribution in [0.25, 0.3) is 0 Å². The van der Waals surface area contributed by atoms with Gasteiger partial charge in [-0.2, -0.15) is 12.6 Å². The number of nitrogens with two attached hydrogens (primary N) is 1. The molecule has 25 heavy (non-hydrogen) atoms. The topological polar surface area (TPSA) is 188 Å². The number of carboxylic acid groups (broad SMARTS) is 2. The molecule has 3 atom stereocenters. The van der Waals surface area contributed by atoms with E-state index in [-0.39, 0.29) is 18.7 Å². The van der Waals surface area contributed by atoms with E-state index in [1.807, 2.05) is 0 Å². The van der Waals surface area contributed by atoms with E-state index < -0.39 is 54.2 Å². The monoisotopic (exact) mass is 378 g/mol. The summed E-state index contributed by atoms with van der Waals surface area (Å²) in [6, 6.07) is -3.60. The summed E-state index contributed by atoms with van der Waals surface area (Å²) in [6.07, 6.45) is -0.691. The Balaban J connectivity index is 4.99. The van der Waals surface area contributed by atoms with E-state index in [1.165, 1.54) is 6.92 Å². The van der Waals surface area contributed by atoms with Gasteiger partial charge in [-0.25, -0.2) is 4.79 Å². The highest BCUT2D eigenvalue weighted by atomic mass is 32.1. The number of thiol groups is 1. The minimum Gasteiger partial charge on any atom is -0.481 e. The summed E-state index contributed by atoms with van der Waals surface area (Å²) in [5.41, 5.74) is 5.11. The van der Waals surface area contributed by atoms with Crippen LogP contribution in [0, 0.1) is 0 Å². The molecule has 3 amide bonds. The van der Waals surface area contributed by atoms with E-state index in [1.54, 1.807) is 0 Å². The summed E-state index contributed by atoms with van der Waals surface area (Å²) in [4.78, 5) is 57.0. The van der Waals surface area contributed by atoms with Gasteiger partial charge in [0, 0.05) is 12.2 Å². The number of amides is 3. The van der Waals surface area contributed by atoms with E-state index in [2.05, 4.69) is 28.6 Å². The number of nitrogens with one attached hydrogen (secondary N) is 3. The second kappa shape index (κ2) is 11.3. The Morgan fingerprint density at radius 3 is 2.00 bits per heavy atom. The molecule has 0 aliphatic carbocycles. The molecule has 142 valence electrons. The lowest BCUT2D eigenvalue weighted by molar-refractivity contribution is -0.142. The van der Waals surface area contributed by atoms with Crippen molar-refractivity contribution in [1.82, 2.24) is 16.0 Å². The molecule has 12 heteroatoms. The Labute approximate surface area is 149 Å². The normalized spacial score (nSPS) is 13.9. The van der Waals surface area contributed by atoms with Gasteiger partial charge < -0.3 is 31.9 Å². The molecule has 0 aromatic rings. The maximum Gasteiger partial charge on any atom is 0.327 e. The van der Waals surface area contributed by atoms with Crippen LogP contribution in [-0.4, -0.2) is 70.3 Å². The third-order valence-electron chi connectivity index (χ3n) is 3.03. The zero-order valence-electron chi connectivity index (χ0n) is 13.5. The van der Waals surface area contributed by atoms with Crippen molar-refractivity contribution < 1.29 is 34.2 Å². The molecule has 0 radical (unpaired) electrons. The van der Waals surface area contributed by atoms with Gasteiger partial charge in [-0.3, -0.25) is 19.2 Å². The molecule has 0 bridgehead atoms. The third-order valence-corrected chi connectivity index (χ3v) is 3.40. The highest BCUT2D eigenvalue weighted by molar-refractivity contribution is 7.80. The van der Waals surface area contributed by atoms with Crippen LogP contribution < -0.4 is 21.7 Å². The standard InChI is InChI=1S/C13H22N4O7S/c1-6(15-9(18)4-14)11(21)16-7(2-3-10(19)20)12(22)17-8(5-25)13(23)24/h6-8,25H,2-5,14H2,1H3,(H,15,18)(H,16,21)(H,17,22)(H,19,20)(H,23,24). The molecule has 3 unspecified atom stereocenters. The van der Waals surface area contributed by atoms with Crippen LogP contribution in [0.2, 0.25) is 0 Å². The summed E-state index contributed by atoms with van der Waals surface area (Å²) < 4.78 is 0. The second-order valence-electron chi connectivity index (χ2n) is 5.07. The van der Waals surface area contributed by atoms with Crippen LogP contribution in [0.3, 0.4) is 0 Å². The van der Waals surface area contributed by atoms with Crippen molar-refractivity contribution >= 4 is 42.3 Å². The van der Waals surface area contributed by atoms with E-state index in [0.717, 1.165) is 0 Å². The van der Waals surface area contributed by atoms with E-state index >= 15 is 0 Å². The van der Waals surface area contributed by atoms with Gasteiger partial charge in [-0.05, 0) is 13.3 Å². The van der Waals surface area contributed by atoms with Crippen LogP contribution in [0.1, 0.15) is 19.8 Å². The first-order valence-corrected chi connectivity index (χ1v) is 7.91. The average Bonchev–Trinajstić information content (AvgIpc) is 2.54. The molecular weight excluding hydrogens is 356 g/mol. The number of carbonyl (C=O) groups excluding carboxylic acids is 3. The van der Waals surface area contributed by atoms with Gasteiger partial charge in [0.2, 0.25) is 17.7 Å². The van der Waals surface area contributed by atoms with Gasteiger partial charge in [-0.1, -0.05) is 0 Å². The van der Waals surface area contributed by atoms with Gasteiger partial charge in [0.15, 0.2) is 0 Å². The molecule has 11 nitrogen and oxygen atoms in total. The Kier molecular flexibility index (Phi) is 10.2. The number of hydrogen-bond acceptors (Lipinski definition) is 7. The van der Waals surface area contributed by atoms with Crippen molar-refractivity contribution in [2.24, 2.45) is 5.73 Å². The SMILES string of the molecule is CC(NC(=O)CN)C(=O)NC(CCC(=O)O)C(=O)NC(CS)C(=O)O. The molecule has 0 fully saturated rings. The lowest BCUT2D eigenvalue weighted by atomic mass is 10.1. The Morgan fingerprint density at radius 2 is 1.56 bits per heavy atom. The summed E-state index contributed by atoms with van der Waals surface area (Å²) in [5, 5.41) is 24.4. The van der Waals surface area contributed by atoms with Gasteiger partial charge >= 0.3 is 11.9 Å². The van der Waals surface area contributed by atoms with Gasteiger partial charge in [0.05, 0.1) is 6.54 Å². The van der Waals surface area contributed by atoms with Crippen LogP contribution >= 0.6 is 12.6 Å². The molecule has 0 aliphatic rings. The first kappa shape index (κ1) is 22.7. The molecule has 0 saturated carbocycles. The maximum atomic E-state index is 12.1. The van der Waals surface area contributed by atoms with Gasteiger partial charge in [0.25, 0.3) is 0 Å². The predicted molar refractivity (Wildman–Crippen MR) is 88.9 cm³/mol. The smallest absolute Gasteiger partial charge is 0.327 e. The van der Waals surface area contributed by atoms with Crippen LogP contribution in [0.5, 0.6) is 0 Å². The fourth-order valence-corrected chi connectivity index (χ4v) is 1.90. The largest absolute Gasteiger partial charge is 0.481 e. The molecule has 7 N–H and O–H groups in total. The van der Waals surface area contributed by atoms with E-state index in [9.17, 15) is 24.0 Å². The molecule has 0 aromatic heterocycles. The van der Waals surface area contributed by atoms with Crippen LogP contribution in [0.15, 0.2) is 0 Å². The quantitative estimate of drug-likeness (QED) is 0.189.